The highest BCUT2D eigenvalue weighted by atomic mass is 15.2. The van der Waals surface area contributed by atoms with E-state index in [0.29, 0.717) is 0 Å². The van der Waals surface area contributed by atoms with Crippen LogP contribution >= 0.6 is 0 Å². The molecule has 1 aliphatic heterocycles. The second kappa shape index (κ2) is 5.85. The van der Waals surface area contributed by atoms with E-state index in [9.17, 15) is 0 Å². The van der Waals surface area contributed by atoms with Crippen molar-refractivity contribution in [2.45, 2.75) is 45.7 Å². The van der Waals surface area contributed by atoms with Gasteiger partial charge in [0.25, 0.3) is 0 Å². The minimum absolute atomic E-state index is 0.144. The number of benzene rings is 1. The number of nitrogens with zero attached hydrogens (tertiary/aromatic N) is 1. The van der Waals surface area contributed by atoms with Crippen molar-refractivity contribution in [1.82, 2.24) is 4.90 Å². The maximum absolute atomic E-state index is 6.40. The van der Waals surface area contributed by atoms with Gasteiger partial charge in [-0.2, -0.15) is 0 Å². The summed E-state index contributed by atoms with van der Waals surface area (Å²) in [6.07, 6.45) is 2.65. The van der Waals surface area contributed by atoms with Crippen LogP contribution in [0.5, 0.6) is 0 Å². The number of rotatable bonds is 4. The van der Waals surface area contributed by atoms with Crippen molar-refractivity contribution in [3.63, 3.8) is 0 Å². The van der Waals surface area contributed by atoms with E-state index in [1.807, 2.05) is 0 Å². The molecule has 0 amide bonds. The molecule has 2 N–H and O–H groups in total. The van der Waals surface area contributed by atoms with Crippen LogP contribution in [0.2, 0.25) is 0 Å². The Bertz CT molecular complexity index is 386. The molecule has 2 rings (SSSR count). The van der Waals surface area contributed by atoms with Crippen molar-refractivity contribution in [2.75, 3.05) is 13.1 Å². The van der Waals surface area contributed by atoms with Gasteiger partial charge in [-0.25, -0.2) is 0 Å². The Morgan fingerprint density at radius 3 is 2.72 bits per heavy atom. The average molecular weight is 246 g/mol. The third kappa shape index (κ3) is 2.93. The van der Waals surface area contributed by atoms with E-state index in [-0.39, 0.29) is 6.04 Å². The van der Waals surface area contributed by atoms with Crippen molar-refractivity contribution in [3.8, 4) is 0 Å². The molecule has 2 heteroatoms. The minimum Gasteiger partial charge on any atom is -0.323 e. The molecule has 0 aromatic heterocycles. The van der Waals surface area contributed by atoms with Crippen molar-refractivity contribution < 1.29 is 0 Å². The molecule has 18 heavy (non-hydrogen) atoms. The second-order valence-electron chi connectivity index (χ2n) is 5.91. The summed E-state index contributed by atoms with van der Waals surface area (Å²) in [5, 5.41) is 0. The lowest BCUT2D eigenvalue weighted by Crippen LogP contribution is -2.38. The molecule has 0 bridgehead atoms. The van der Waals surface area contributed by atoms with Crippen LogP contribution in [0.4, 0.5) is 0 Å². The van der Waals surface area contributed by atoms with Gasteiger partial charge in [0.15, 0.2) is 0 Å². The highest BCUT2D eigenvalue weighted by Crippen LogP contribution is 2.26. The summed E-state index contributed by atoms with van der Waals surface area (Å²) < 4.78 is 0. The lowest BCUT2D eigenvalue weighted by atomic mass is 9.99. The smallest absolute Gasteiger partial charge is 0.0427 e. The van der Waals surface area contributed by atoms with Crippen molar-refractivity contribution in [2.24, 2.45) is 11.7 Å². The Hall–Kier alpha value is -0.860. The Labute approximate surface area is 111 Å². The molecule has 1 heterocycles. The molecule has 1 saturated heterocycles. The highest BCUT2D eigenvalue weighted by molar-refractivity contribution is 5.28. The van der Waals surface area contributed by atoms with E-state index in [0.717, 1.165) is 18.5 Å². The predicted octanol–water partition coefficient (Wildman–Crippen LogP) is 3.12. The van der Waals surface area contributed by atoms with Gasteiger partial charge in [0.2, 0.25) is 0 Å². The Kier molecular flexibility index (Phi) is 4.41. The van der Waals surface area contributed by atoms with Crippen molar-refractivity contribution in [3.05, 3.63) is 35.4 Å². The standard InChI is InChI=1S/C16H26N2/c1-12(2)16-9-6-10-18(16)11-15(17)14-8-5-4-7-13(14)3/h4-5,7-8,12,15-16H,6,9-11,17H2,1-3H3. The van der Waals surface area contributed by atoms with Gasteiger partial charge in [0, 0.05) is 18.6 Å². The monoisotopic (exact) mass is 246 g/mol. The van der Waals surface area contributed by atoms with Gasteiger partial charge < -0.3 is 5.73 Å². The molecule has 100 valence electrons. The third-order valence-electron chi connectivity index (χ3n) is 4.20. The van der Waals surface area contributed by atoms with Gasteiger partial charge in [-0.3, -0.25) is 4.90 Å². The van der Waals surface area contributed by atoms with E-state index in [1.165, 1.54) is 30.5 Å². The fourth-order valence-corrected chi connectivity index (χ4v) is 3.19. The Morgan fingerprint density at radius 1 is 1.33 bits per heavy atom. The number of likely N-dealkylation sites (tertiary alicyclic amines) is 1. The van der Waals surface area contributed by atoms with Gasteiger partial charge in [-0.15, -0.1) is 0 Å². The van der Waals surface area contributed by atoms with E-state index < -0.39 is 0 Å². The van der Waals surface area contributed by atoms with Crippen LogP contribution in [0.3, 0.4) is 0 Å². The van der Waals surface area contributed by atoms with E-state index in [2.05, 4.69) is 49.9 Å². The van der Waals surface area contributed by atoms with Crippen LogP contribution in [0, 0.1) is 12.8 Å². The molecular weight excluding hydrogens is 220 g/mol. The summed E-state index contributed by atoms with van der Waals surface area (Å²) in [4.78, 5) is 2.59. The van der Waals surface area contributed by atoms with Crippen LogP contribution in [-0.4, -0.2) is 24.0 Å². The molecule has 1 fully saturated rings. The molecule has 1 aromatic rings. The molecule has 1 aliphatic rings. The SMILES string of the molecule is Cc1ccccc1C(N)CN1CCCC1C(C)C. The van der Waals surface area contributed by atoms with Gasteiger partial charge in [0.05, 0.1) is 0 Å². The molecule has 2 unspecified atom stereocenters. The molecule has 0 radical (unpaired) electrons. The average Bonchev–Trinajstić information content (AvgIpc) is 2.77. The highest BCUT2D eigenvalue weighted by Gasteiger charge is 2.28. The Morgan fingerprint density at radius 2 is 2.06 bits per heavy atom. The summed E-state index contributed by atoms with van der Waals surface area (Å²) in [7, 11) is 0. The topological polar surface area (TPSA) is 29.3 Å². The first-order valence-corrected chi connectivity index (χ1v) is 7.14. The zero-order valence-electron chi connectivity index (χ0n) is 11.9. The van der Waals surface area contributed by atoms with Gasteiger partial charge >= 0.3 is 0 Å². The number of aryl methyl sites for hydroxylation is 1. The molecule has 0 saturated carbocycles. The first kappa shape index (κ1) is 13.6. The van der Waals surface area contributed by atoms with Crippen LogP contribution in [0.1, 0.15) is 43.9 Å². The van der Waals surface area contributed by atoms with Gasteiger partial charge in [-0.1, -0.05) is 38.1 Å². The zero-order chi connectivity index (χ0) is 13.1. The quantitative estimate of drug-likeness (QED) is 0.884. The van der Waals surface area contributed by atoms with E-state index in [4.69, 9.17) is 5.73 Å². The third-order valence-corrected chi connectivity index (χ3v) is 4.20. The van der Waals surface area contributed by atoms with Crippen LogP contribution in [0.15, 0.2) is 24.3 Å². The minimum atomic E-state index is 0.144. The zero-order valence-corrected chi connectivity index (χ0v) is 11.9. The number of hydrogen-bond donors (Lipinski definition) is 1. The second-order valence-corrected chi connectivity index (χ2v) is 5.91. The molecule has 0 aliphatic carbocycles. The van der Waals surface area contributed by atoms with E-state index in [1.54, 1.807) is 0 Å². The molecule has 2 nitrogen and oxygen atoms in total. The molecule has 0 spiro atoms. The normalized spacial score (nSPS) is 22.6. The fourth-order valence-electron chi connectivity index (χ4n) is 3.19. The van der Waals surface area contributed by atoms with Crippen LogP contribution in [-0.2, 0) is 0 Å². The predicted molar refractivity (Wildman–Crippen MR) is 77.5 cm³/mol. The largest absolute Gasteiger partial charge is 0.323 e. The summed E-state index contributed by atoms with van der Waals surface area (Å²) in [6.45, 7) is 9.00. The van der Waals surface area contributed by atoms with E-state index >= 15 is 0 Å². The first-order valence-electron chi connectivity index (χ1n) is 7.14. The molecule has 1 aromatic carbocycles. The van der Waals surface area contributed by atoms with Crippen LogP contribution in [0.25, 0.3) is 0 Å². The van der Waals surface area contributed by atoms with Crippen molar-refractivity contribution in [1.29, 1.82) is 0 Å². The summed E-state index contributed by atoms with van der Waals surface area (Å²) in [5.74, 6) is 0.733. The summed E-state index contributed by atoms with van der Waals surface area (Å²) in [6, 6.07) is 9.36. The van der Waals surface area contributed by atoms with Gasteiger partial charge in [-0.05, 0) is 43.4 Å². The number of nitrogens with two attached hydrogens (primary N) is 1. The van der Waals surface area contributed by atoms with Crippen LogP contribution < -0.4 is 5.73 Å². The summed E-state index contributed by atoms with van der Waals surface area (Å²) >= 11 is 0. The Balaban J connectivity index is 2.03. The first-order chi connectivity index (χ1) is 8.59. The van der Waals surface area contributed by atoms with Crippen molar-refractivity contribution >= 4 is 0 Å². The lowest BCUT2D eigenvalue weighted by Gasteiger charge is -2.30. The maximum Gasteiger partial charge on any atom is 0.0427 e. The summed E-state index contributed by atoms with van der Waals surface area (Å²) in [5.41, 5.74) is 9.00. The number of hydrogen-bond acceptors (Lipinski definition) is 2. The molecular formula is C16H26N2. The van der Waals surface area contributed by atoms with Gasteiger partial charge in [0.1, 0.15) is 0 Å². The fraction of sp³-hybridized carbons (Fsp3) is 0.625. The maximum atomic E-state index is 6.40. The lowest BCUT2D eigenvalue weighted by molar-refractivity contribution is 0.195. The molecule has 2 atom stereocenters.